The lowest BCUT2D eigenvalue weighted by atomic mass is 10.1. The number of pyridine rings is 1. The predicted octanol–water partition coefficient (Wildman–Crippen LogP) is 3.76. The predicted molar refractivity (Wildman–Crippen MR) is 73.3 cm³/mol. The van der Waals surface area contributed by atoms with Crippen LogP contribution in [0.4, 0.5) is 5.82 Å². The first-order chi connectivity index (χ1) is 8.13. The van der Waals surface area contributed by atoms with Crippen molar-refractivity contribution in [3.8, 4) is 16.9 Å². The van der Waals surface area contributed by atoms with E-state index in [1.807, 2.05) is 12.1 Å². The fourth-order valence-corrected chi connectivity index (χ4v) is 2.60. The summed E-state index contributed by atoms with van der Waals surface area (Å²) in [7, 11) is 1.59. The van der Waals surface area contributed by atoms with E-state index in [9.17, 15) is 0 Å². The zero-order valence-corrected chi connectivity index (χ0v) is 11.4. The third-order valence-electron chi connectivity index (χ3n) is 2.35. The molecule has 0 aliphatic heterocycles. The lowest BCUT2D eigenvalue weighted by molar-refractivity contribution is 0.416. The molecule has 0 amide bonds. The number of hydrogen-bond donors (Lipinski definition) is 1. The maximum Gasteiger partial charge on any atom is 0.131 e. The number of hydrogen-bond acceptors (Lipinski definition) is 3. The van der Waals surface area contributed by atoms with Crippen LogP contribution in [-0.2, 0) is 0 Å². The minimum Gasteiger partial charge on any atom is -0.496 e. The molecule has 0 saturated heterocycles. The Morgan fingerprint density at radius 3 is 2.82 bits per heavy atom. The van der Waals surface area contributed by atoms with Gasteiger partial charge in [-0.2, -0.15) is 0 Å². The topological polar surface area (TPSA) is 48.1 Å². The van der Waals surface area contributed by atoms with Crippen LogP contribution >= 0.6 is 27.5 Å². The quantitative estimate of drug-likeness (QED) is 0.918. The van der Waals surface area contributed by atoms with Gasteiger partial charge in [-0.1, -0.05) is 11.6 Å². The molecule has 0 bridgehead atoms. The average Bonchev–Trinajstić information content (AvgIpc) is 2.29. The van der Waals surface area contributed by atoms with E-state index >= 15 is 0 Å². The second-order valence-electron chi connectivity index (χ2n) is 3.40. The largest absolute Gasteiger partial charge is 0.496 e. The number of ether oxygens (including phenoxy) is 1. The number of benzene rings is 1. The Kier molecular flexibility index (Phi) is 3.54. The summed E-state index contributed by atoms with van der Waals surface area (Å²) in [5, 5.41) is 0.597. The molecule has 88 valence electrons. The van der Waals surface area contributed by atoms with Gasteiger partial charge in [0.15, 0.2) is 0 Å². The summed E-state index contributed by atoms with van der Waals surface area (Å²) in [6.07, 6.45) is 1.65. The summed E-state index contributed by atoms with van der Waals surface area (Å²) >= 11 is 9.43. The molecule has 2 rings (SSSR count). The standard InChI is InChI=1S/C12H10BrClN2O/c1-17-10-6-7(14)5-9(13)11(10)8-3-2-4-16-12(8)15/h2-6H,1H3,(H2,15,16). The summed E-state index contributed by atoms with van der Waals surface area (Å²) < 4.78 is 6.14. The highest BCUT2D eigenvalue weighted by Gasteiger charge is 2.14. The fraction of sp³-hybridized carbons (Fsp3) is 0.0833. The number of nitrogens with two attached hydrogens (primary N) is 1. The first-order valence-corrected chi connectivity index (χ1v) is 6.04. The third-order valence-corrected chi connectivity index (χ3v) is 3.19. The minimum absolute atomic E-state index is 0.453. The maximum absolute atomic E-state index is 5.97. The van der Waals surface area contributed by atoms with E-state index in [2.05, 4.69) is 20.9 Å². The van der Waals surface area contributed by atoms with Gasteiger partial charge in [0.1, 0.15) is 11.6 Å². The van der Waals surface area contributed by atoms with E-state index in [1.165, 1.54) is 0 Å². The summed E-state index contributed by atoms with van der Waals surface area (Å²) in [6.45, 7) is 0. The Bertz CT molecular complexity index is 560. The fourth-order valence-electron chi connectivity index (χ4n) is 1.60. The first kappa shape index (κ1) is 12.2. The smallest absolute Gasteiger partial charge is 0.131 e. The van der Waals surface area contributed by atoms with Crippen molar-refractivity contribution in [2.45, 2.75) is 0 Å². The number of halogens is 2. The van der Waals surface area contributed by atoms with Crippen LogP contribution in [0.1, 0.15) is 0 Å². The molecular formula is C12H10BrClN2O. The zero-order valence-electron chi connectivity index (χ0n) is 9.08. The first-order valence-electron chi connectivity index (χ1n) is 4.87. The van der Waals surface area contributed by atoms with Crippen LogP contribution in [0.25, 0.3) is 11.1 Å². The van der Waals surface area contributed by atoms with Crippen LogP contribution in [-0.4, -0.2) is 12.1 Å². The second kappa shape index (κ2) is 4.94. The lowest BCUT2D eigenvalue weighted by Gasteiger charge is -2.12. The molecule has 0 radical (unpaired) electrons. The molecule has 0 aliphatic carbocycles. The molecule has 0 aliphatic rings. The molecule has 0 unspecified atom stereocenters. The molecule has 1 heterocycles. The number of rotatable bonds is 2. The minimum atomic E-state index is 0.453. The highest BCUT2D eigenvalue weighted by molar-refractivity contribution is 9.10. The highest BCUT2D eigenvalue weighted by Crippen LogP contribution is 2.40. The van der Waals surface area contributed by atoms with Gasteiger partial charge in [-0.15, -0.1) is 0 Å². The van der Waals surface area contributed by atoms with Gasteiger partial charge in [0.25, 0.3) is 0 Å². The van der Waals surface area contributed by atoms with Crippen molar-refractivity contribution in [2.24, 2.45) is 0 Å². The van der Waals surface area contributed by atoms with Crippen LogP contribution in [0.5, 0.6) is 5.75 Å². The van der Waals surface area contributed by atoms with Crippen LogP contribution in [0.15, 0.2) is 34.9 Å². The lowest BCUT2D eigenvalue weighted by Crippen LogP contribution is -1.96. The molecule has 0 atom stereocenters. The summed E-state index contributed by atoms with van der Waals surface area (Å²) in [5.74, 6) is 1.11. The Hall–Kier alpha value is -1.26. The molecular weight excluding hydrogens is 304 g/mol. The number of nitrogens with zero attached hydrogens (tertiary/aromatic N) is 1. The SMILES string of the molecule is COc1cc(Cl)cc(Br)c1-c1cccnc1N. The van der Waals surface area contributed by atoms with Crippen molar-refractivity contribution >= 4 is 33.3 Å². The molecule has 1 aromatic carbocycles. The van der Waals surface area contributed by atoms with Crippen molar-refractivity contribution in [1.82, 2.24) is 4.98 Å². The summed E-state index contributed by atoms with van der Waals surface area (Å²) in [4.78, 5) is 4.06. The van der Waals surface area contributed by atoms with Gasteiger partial charge >= 0.3 is 0 Å². The molecule has 2 aromatic rings. The van der Waals surface area contributed by atoms with Crippen LogP contribution < -0.4 is 10.5 Å². The molecule has 0 fully saturated rings. The molecule has 1 aromatic heterocycles. The number of anilines is 1. The number of aromatic nitrogens is 1. The molecule has 0 saturated carbocycles. The van der Waals surface area contributed by atoms with E-state index in [-0.39, 0.29) is 0 Å². The molecule has 0 spiro atoms. The molecule has 17 heavy (non-hydrogen) atoms. The van der Waals surface area contributed by atoms with E-state index in [0.29, 0.717) is 16.6 Å². The van der Waals surface area contributed by atoms with Crippen molar-refractivity contribution in [2.75, 3.05) is 12.8 Å². The van der Waals surface area contributed by atoms with Gasteiger partial charge in [-0.25, -0.2) is 4.98 Å². The van der Waals surface area contributed by atoms with Gasteiger partial charge in [-0.3, -0.25) is 0 Å². The van der Waals surface area contributed by atoms with E-state index in [4.69, 9.17) is 22.1 Å². The van der Waals surface area contributed by atoms with Gasteiger partial charge in [0.2, 0.25) is 0 Å². The van der Waals surface area contributed by atoms with E-state index in [0.717, 1.165) is 15.6 Å². The van der Waals surface area contributed by atoms with Crippen LogP contribution in [0, 0.1) is 0 Å². The van der Waals surface area contributed by atoms with Gasteiger partial charge in [-0.05, 0) is 40.2 Å². The summed E-state index contributed by atoms with van der Waals surface area (Å²) in [6, 6.07) is 7.25. The van der Waals surface area contributed by atoms with Crippen molar-refractivity contribution in [1.29, 1.82) is 0 Å². The normalized spacial score (nSPS) is 10.3. The van der Waals surface area contributed by atoms with Gasteiger partial charge in [0.05, 0.1) is 7.11 Å². The Morgan fingerprint density at radius 1 is 1.41 bits per heavy atom. The average molecular weight is 314 g/mol. The van der Waals surface area contributed by atoms with Crippen molar-refractivity contribution in [3.63, 3.8) is 0 Å². The number of methoxy groups -OCH3 is 1. The Labute approximate surface area is 113 Å². The van der Waals surface area contributed by atoms with Crippen molar-refractivity contribution < 1.29 is 4.74 Å². The maximum atomic E-state index is 5.97. The Morgan fingerprint density at radius 2 is 2.18 bits per heavy atom. The van der Waals surface area contributed by atoms with Gasteiger partial charge < -0.3 is 10.5 Å². The van der Waals surface area contributed by atoms with E-state index in [1.54, 1.807) is 25.4 Å². The summed E-state index contributed by atoms with van der Waals surface area (Å²) in [5.41, 5.74) is 7.53. The number of nitrogen functional groups attached to an aromatic ring is 1. The van der Waals surface area contributed by atoms with Crippen LogP contribution in [0.2, 0.25) is 5.02 Å². The third kappa shape index (κ3) is 2.37. The second-order valence-corrected chi connectivity index (χ2v) is 4.69. The van der Waals surface area contributed by atoms with E-state index < -0.39 is 0 Å². The molecule has 3 nitrogen and oxygen atoms in total. The molecule has 5 heteroatoms. The highest BCUT2D eigenvalue weighted by atomic mass is 79.9. The monoisotopic (exact) mass is 312 g/mol. The zero-order chi connectivity index (χ0) is 12.4. The molecule has 2 N–H and O–H groups in total. The van der Waals surface area contributed by atoms with Gasteiger partial charge in [0, 0.05) is 26.8 Å². The van der Waals surface area contributed by atoms with Crippen molar-refractivity contribution in [3.05, 3.63) is 40.0 Å². The Balaban J connectivity index is 2.71. The van der Waals surface area contributed by atoms with Crippen LogP contribution in [0.3, 0.4) is 0 Å².